The number of aromatic nitrogens is 4. The number of hydrogen-bond acceptors (Lipinski definition) is 4. The maximum atomic E-state index is 12.9. The summed E-state index contributed by atoms with van der Waals surface area (Å²) >= 11 is 1.38. The van der Waals surface area contributed by atoms with E-state index >= 15 is 0 Å². The molecule has 0 fully saturated rings. The summed E-state index contributed by atoms with van der Waals surface area (Å²) in [6, 6.07) is 5.93. The lowest BCUT2D eigenvalue weighted by Gasteiger charge is -2.03. The van der Waals surface area contributed by atoms with Gasteiger partial charge in [0.1, 0.15) is 11.6 Å². The number of nitrogens with zero attached hydrogens (tertiary/aromatic N) is 3. The van der Waals surface area contributed by atoms with Gasteiger partial charge in [-0.2, -0.15) is 4.98 Å². The van der Waals surface area contributed by atoms with E-state index in [1.165, 1.54) is 23.9 Å². The minimum Gasteiger partial charge on any atom is -0.332 e. The van der Waals surface area contributed by atoms with Gasteiger partial charge in [0.15, 0.2) is 16.3 Å². The third kappa shape index (κ3) is 2.00. The molecular weight excluding hydrogens is 279 g/mol. The highest BCUT2D eigenvalue weighted by Crippen LogP contribution is 2.20. The van der Waals surface area contributed by atoms with E-state index in [1.807, 2.05) is 6.26 Å². The molecule has 0 saturated heterocycles. The SMILES string of the molecule is CSc1nc(=O)c2[nH]c(-c3ccc(F)cc3)nc2n1C. The zero-order valence-corrected chi connectivity index (χ0v) is 11.7. The molecule has 2 heterocycles. The lowest BCUT2D eigenvalue weighted by molar-refractivity contribution is 0.628. The lowest BCUT2D eigenvalue weighted by Crippen LogP contribution is -2.13. The van der Waals surface area contributed by atoms with Gasteiger partial charge in [-0.3, -0.25) is 4.79 Å². The van der Waals surface area contributed by atoms with Crippen molar-refractivity contribution in [3.63, 3.8) is 0 Å². The van der Waals surface area contributed by atoms with Gasteiger partial charge in [0.2, 0.25) is 0 Å². The number of thioether (sulfide) groups is 1. The Labute approximate surface area is 117 Å². The Bertz CT molecular complexity index is 838. The van der Waals surface area contributed by atoms with Gasteiger partial charge >= 0.3 is 0 Å². The van der Waals surface area contributed by atoms with Crippen LogP contribution in [0.2, 0.25) is 0 Å². The van der Waals surface area contributed by atoms with E-state index in [4.69, 9.17) is 0 Å². The van der Waals surface area contributed by atoms with Crippen molar-refractivity contribution in [2.24, 2.45) is 7.05 Å². The van der Waals surface area contributed by atoms with Crippen molar-refractivity contribution in [1.29, 1.82) is 0 Å². The maximum absolute atomic E-state index is 12.9. The molecule has 102 valence electrons. The van der Waals surface area contributed by atoms with Crippen LogP contribution in [0, 0.1) is 5.82 Å². The first kappa shape index (κ1) is 12.9. The molecule has 0 saturated carbocycles. The summed E-state index contributed by atoms with van der Waals surface area (Å²) < 4.78 is 14.7. The van der Waals surface area contributed by atoms with Crippen molar-refractivity contribution in [3.05, 3.63) is 40.4 Å². The number of hydrogen-bond donors (Lipinski definition) is 1. The van der Waals surface area contributed by atoms with Crippen LogP contribution in [0.5, 0.6) is 0 Å². The zero-order valence-electron chi connectivity index (χ0n) is 10.8. The van der Waals surface area contributed by atoms with Gasteiger partial charge in [0, 0.05) is 12.6 Å². The van der Waals surface area contributed by atoms with Crippen molar-refractivity contribution in [2.45, 2.75) is 5.16 Å². The van der Waals surface area contributed by atoms with Crippen LogP contribution in [0.1, 0.15) is 0 Å². The fraction of sp³-hybridized carbons (Fsp3) is 0.154. The monoisotopic (exact) mass is 290 g/mol. The predicted octanol–water partition coefficient (Wildman–Crippen LogP) is 2.18. The first-order valence-corrected chi connectivity index (χ1v) is 7.09. The Kier molecular flexibility index (Phi) is 3.06. The van der Waals surface area contributed by atoms with Crippen molar-refractivity contribution in [2.75, 3.05) is 6.26 Å². The smallest absolute Gasteiger partial charge is 0.299 e. The first-order valence-electron chi connectivity index (χ1n) is 5.87. The molecule has 20 heavy (non-hydrogen) atoms. The Morgan fingerprint density at radius 2 is 1.95 bits per heavy atom. The minimum absolute atomic E-state index is 0.314. The number of nitrogens with one attached hydrogen (secondary N) is 1. The summed E-state index contributed by atoms with van der Waals surface area (Å²) in [5.74, 6) is 0.207. The highest BCUT2D eigenvalue weighted by Gasteiger charge is 2.13. The summed E-state index contributed by atoms with van der Waals surface area (Å²) in [6.07, 6.45) is 1.85. The second-order valence-corrected chi connectivity index (χ2v) is 5.03. The molecule has 0 bridgehead atoms. The molecule has 0 atom stereocenters. The molecule has 3 aromatic rings. The van der Waals surface area contributed by atoms with Crippen molar-refractivity contribution in [1.82, 2.24) is 19.5 Å². The van der Waals surface area contributed by atoms with Gasteiger partial charge in [-0.05, 0) is 30.5 Å². The highest BCUT2D eigenvalue weighted by molar-refractivity contribution is 7.98. The number of benzene rings is 1. The van der Waals surface area contributed by atoms with Crippen molar-refractivity contribution < 1.29 is 4.39 Å². The fourth-order valence-corrected chi connectivity index (χ4v) is 2.53. The largest absolute Gasteiger partial charge is 0.332 e. The number of aryl methyl sites for hydroxylation is 1. The molecule has 0 spiro atoms. The molecule has 0 amide bonds. The molecule has 5 nitrogen and oxygen atoms in total. The molecule has 7 heteroatoms. The Hall–Kier alpha value is -2.15. The van der Waals surface area contributed by atoms with Gasteiger partial charge in [-0.1, -0.05) is 11.8 Å². The topological polar surface area (TPSA) is 63.6 Å². The minimum atomic E-state index is -0.344. The van der Waals surface area contributed by atoms with Crippen LogP contribution < -0.4 is 5.56 Å². The van der Waals surface area contributed by atoms with Crippen molar-refractivity contribution >= 4 is 22.9 Å². The average Bonchev–Trinajstić information content (AvgIpc) is 2.89. The molecule has 3 rings (SSSR count). The number of fused-ring (bicyclic) bond motifs is 1. The Morgan fingerprint density at radius 1 is 1.25 bits per heavy atom. The van der Waals surface area contributed by atoms with Crippen LogP contribution in [0.25, 0.3) is 22.6 Å². The van der Waals surface area contributed by atoms with Gasteiger partial charge in [0.05, 0.1) is 0 Å². The van der Waals surface area contributed by atoms with E-state index < -0.39 is 0 Å². The molecule has 1 aromatic carbocycles. The van der Waals surface area contributed by atoms with Gasteiger partial charge < -0.3 is 9.55 Å². The normalized spacial score (nSPS) is 11.2. The molecule has 0 aliphatic carbocycles. The number of rotatable bonds is 2. The number of halogens is 1. The summed E-state index contributed by atoms with van der Waals surface area (Å²) in [6.45, 7) is 0. The van der Waals surface area contributed by atoms with Crippen LogP contribution in [-0.2, 0) is 7.05 Å². The quantitative estimate of drug-likeness (QED) is 0.580. The molecule has 0 radical (unpaired) electrons. The molecule has 0 aliphatic rings. The zero-order chi connectivity index (χ0) is 14.3. The van der Waals surface area contributed by atoms with Gasteiger partial charge in [-0.15, -0.1) is 0 Å². The highest BCUT2D eigenvalue weighted by atomic mass is 32.2. The van der Waals surface area contributed by atoms with E-state index in [0.717, 1.165) is 0 Å². The lowest BCUT2D eigenvalue weighted by atomic mass is 10.2. The van der Waals surface area contributed by atoms with Gasteiger partial charge in [-0.25, -0.2) is 9.37 Å². The van der Waals surface area contributed by atoms with Crippen LogP contribution in [0.3, 0.4) is 0 Å². The summed E-state index contributed by atoms with van der Waals surface area (Å²) in [4.78, 5) is 23.3. The van der Waals surface area contributed by atoms with Crippen LogP contribution >= 0.6 is 11.8 Å². The third-order valence-corrected chi connectivity index (χ3v) is 3.73. The predicted molar refractivity (Wildman–Crippen MR) is 76.3 cm³/mol. The Morgan fingerprint density at radius 3 is 2.60 bits per heavy atom. The third-order valence-electron chi connectivity index (χ3n) is 3.00. The molecule has 0 aliphatic heterocycles. The number of imidazole rings is 1. The number of aromatic amines is 1. The van der Waals surface area contributed by atoms with Crippen LogP contribution in [0.4, 0.5) is 4.39 Å². The molecule has 0 unspecified atom stereocenters. The average molecular weight is 290 g/mol. The first-order chi connectivity index (χ1) is 9.60. The maximum Gasteiger partial charge on any atom is 0.299 e. The van der Waals surface area contributed by atoms with Gasteiger partial charge in [0.25, 0.3) is 5.56 Å². The van der Waals surface area contributed by atoms with E-state index in [2.05, 4.69) is 15.0 Å². The summed E-state index contributed by atoms with van der Waals surface area (Å²) in [7, 11) is 1.80. The summed E-state index contributed by atoms with van der Waals surface area (Å²) in [5, 5.41) is 0.597. The fourth-order valence-electron chi connectivity index (χ4n) is 1.99. The van der Waals surface area contributed by atoms with E-state index in [-0.39, 0.29) is 11.4 Å². The van der Waals surface area contributed by atoms with Crippen molar-refractivity contribution in [3.8, 4) is 11.4 Å². The molecular formula is C13H11FN4OS. The van der Waals surface area contributed by atoms with E-state index in [0.29, 0.717) is 27.7 Å². The number of H-pyrrole nitrogens is 1. The molecule has 1 N–H and O–H groups in total. The van der Waals surface area contributed by atoms with E-state index in [9.17, 15) is 9.18 Å². The second-order valence-electron chi connectivity index (χ2n) is 4.25. The summed E-state index contributed by atoms with van der Waals surface area (Å²) in [5.41, 5.74) is 1.26. The second kappa shape index (κ2) is 4.75. The molecule has 2 aromatic heterocycles. The van der Waals surface area contributed by atoms with Crippen LogP contribution in [0.15, 0.2) is 34.2 Å². The van der Waals surface area contributed by atoms with E-state index in [1.54, 1.807) is 23.7 Å². The standard InChI is InChI=1S/C13H11FN4OS/c1-18-11-9(12(19)17-13(18)20-2)15-10(16-11)7-3-5-8(14)6-4-7/h3-6H,1-2H3,(H,15,16). The Balaban J connectivity index is 2.25. The van der Waals surface area contributed by atoms with Crippen LogP contribution in [-0.4, -0.2) is 25.8 Å².